The van der Waals surface area contributed by atoms with E-state index in [-0.39, 0.29) is 18.0 Å². The average Bonchev–Trinajstić information content (AvgIpc) is 3.38. The number of likely N-dealkylation sites (N-methyl/N-ethyl adjacent to an activating group) is 1. The standard InChI is InChI=1S/C20H21F3N4O2/c1-25-11-14-9-6-10-16(17(14)15(12-25)20(21,22)23)26-19(27(26)29-2)24-18(28)13-7-4-3-5-8-13/h3-10,15,19H,11-12H2,1-2H3,(H,24,28). The average molecular weight is 406 g/mol. The van der Waals surface area contributed by atoms with E-state index in [4.69, 9.17) is 4.84 Å². The van der Waals surface area contributed by atoms with Crippen LogP contribution in [0.5, 0.6) is 0 Å². The predicted octanol–water partition coefficient (Wildman–Crippen LogP) is 3.09. The van der Waals surface area contributed by atoms with Gasteiger partial charge in [0.1, 0.15) is 0 Å². The number of nitrogens with one attached hydrogen (secondary N) is 1. The van der Waals surface area contributed by atoms with Crippen molar-refractivity contribution >= 4 is 11.6 Å². The topological polar surface area (TPSA) is 47.6 Å². The third-order valence-electron chi connectivity index (χ3n) is 5.18. The van der Waals surface area contributed by atoms with Gasteiger partial charge < -0.3 is 10.2 Å². The summed E-state index contributed by atoms with van der Waals surface area (Å²) in [6, 6.07) is 13.7. The van der Waals surface area contributed by atoms with E-state index in [1.807, 2.05) is 0 Å². The maximum absolute atomic E-state index is 13.8. The third kappa shape index (κ3) is 3.68. The summed E-state index contributed by atoms with van der Waals surface area (Å²) in [7, 11) is 3.09. The summed E-state index contributed by atoms with van der Waals surface area (Å²) < 4.78 is 41.4. The highest BCUT2D eigenvalue weighted by Crippen LogP contribution is 2.47. The number of halogens is 3. The maximum Gasteiger partial charge on any atom is 0.397 e. The fraction of sp³-hybridized carbons (Fsp3) is 0.350. The van der Waals surface area contributed by atoms with E-state index in [0.29, 0.717) is 23.4 Å². The van der Waals surface area contributed by atoms with Crippen LogP contribution in [0.3, 0.4) is 0 Å². The lowest BCUT2D eigenvalue weighted by Gasteiger charge is -2.34. The third-order valence-corrected chi connectivity index (χ3v) is 5.18. The van der Waals surface area contributed by atoms with Crippen molar-refractivity contribution in [3.8, 4) is 0 Å². The largest absolute Gasteiger partial charge is 0.397 e. The summed E-state index contributed by atoms with van der Waals surface area (Å²) in [6.07, 6.45) is -5.07. The molecule has 2 heterocycles. The number of alkyl halides is 3. The predicted molar refractivity (Wildman–Crippen MR) is 101 cm³/mol. The van der Waals surface area contributed by atoms with Gasteiger partial charge in [-0.15, -0.1) is 0 Å². The van der Waals surface area contributed by atoms with Crippen LogP contribution in [-0.2, 0) is 11.4 Å². The summed E-state index contributed by atoms with van der Waals surface area (Å²) in [5, 5.41) is 5.67. The Balaban J connectivity index is 1.65. The van der Waals surface area contributed by atoms with E-state index < -0.39 is 18.4 Å². The van der Waals surface area contributed by atoms with Gasteiger partial charge in [-0.2, -0.15) is 13.2 Å². The highest BCUT2D eigenvalue weighted by atomic mass is 19.4. The van der Waals surface area contributed by atoms with Crippen molar-refractivity contribution in [2.45, 2.75) is 24.9 Å². The Morgan fingerprint density at radius 1 is 1.14 bits per heavy atom. The van der Waals surface area contributed by atoms with E-state index in [2.05, 4.69) is 5.32 Å². The normalized spacial score (nSPS) is 24.2. The molecule has 2 aliphatic heterocycles. The minimum Gasteiger partial charge on any atom is -0.315 e. The van der Waals surface area contributed by atoms with Crippen LogP contribution in [0.25, 0.3) is 0 Å². The van der Waals surface area contributed by atoms with E-state index in [1.165, 1.54) is 17.3 Å². The van der Waals surface area contributed by atoms with Crippen LogP contribution in [0.1, 0.15) is 27.4 Å². The molecule has 2 aliphatic rings. The van der Waals surface area contributed by atoms with Gasteiger partial charge in [0.05, 0.1) is 18.7 Å². The lowest BCUT2D eigenvalue weighted by atomic mass is 9.88. The van der Waals surface area contributed by atoms with Gasteiger partial charge in [-0.25, -0.2) is 5.01 Å². The monoisotopic (exact) mass is 406 g/mol. The molecule has 0 spiro atoms. The highest BCUT2D eigenvalue weighted by molar-refractivity contribution is 5.94. The Morgan fingerprint density at radius 3 is 2.52 bits per heavy atom. The van der Waals surface area contributed by atoms with E-state index in [0.717, 1.165) is 0 Å². The SMILES string of the molecule is CON1C(NC(=O)c2ccccc2)N1c1cccc2c1C(C(F)(F)F)CN(C)C2. The molecule has 154 valence electrons. The van der Waals surface area contributed by atoms with Gasteiger partial charge in [0.2, 0.25) is 6.29 Å². The fourth-order valence-corrected chi connectivity index (χ4v) is 3.85. The smallest absolute Gasteiger partial charge is 0.315 e. The molecule has 0 bridgehead atoms. The van der Waals surface area contributed by atoms with Gasteiger partial charge in [-0.1, -0.05) is 35.5 Å². The summed E-state index contributed by atoms with van der Waals surface area (Å²) in [5.74, 6) is -1.95. The fourth-order valence-electron chi connectivity index (χ4n) is 3.85. The number of hydroxylamine groups is 1. The minimum absolute atomic E-state index is 0.116. The van der Waals surface area contributed by atoms with Crippen molar-refractivity contribution < 1.29 is 22.8 Å². The first-order valence-corrected chi connectivity index (χ1v) is 9.16. The molecular weight excluding hydrogens is 385 g/mol. The first-order valence-electron chi connectivity index (χ1n) is 9.16. The molecule has 3 atom stereocenters. The summed E-state index contributed by atoms with van der Waals surface area (Å²) in [6.45, 7) is 0.312. The zero-order valence-corrected chi connectivity index (χ0v) is 16.0. The van der Waals surface area contributed by atoms with Crippen molar-refractivity contribution in [1.82, 2.24) is 15.4 Å². The first kappa shape index (κ1) is 19.7. The number of nitrogens with zero attached hydrogens (tertiary/aromatic N) is 3. The van der Waals surface area contributed by atoms with Crippen LogP contribution in [-0.4, -0.2) is 49.1 Å². The molecule has 1 saturated heterocycles. The van der Waals surface area contributed by atoms with Crippen LogP contribution >= 0.6 is 0 Å². The molecule has 0 radical (unpaired) electrons. The number of fused-ring (bicyclic) bond motifs is 1. The minimum atomic E-state index is -4.38. The van der Waals surface area contributed by atoms with Gasteiger partial charge in [0.15, 0.2) is 0 Å². The molecule has 0 aliphatic carbocycles. The number of rotatable bonds is 4. The van der Waals surface area contributed by atoms with Crippen LogP contribution < -0.4 is 10.3 Å². The summed E-state index contributed by atoms with van der Waals surface area (Å²) in [5.41, 5.74) is 1.70. The molecular formula is C20H21F3N4O2. The molecule has 3 unspecified atom stereocenters. The number of hydrogen-bond acceptors (Lipinski definition) is 5. The van der Waals surface area contributed by atoms with Gasteiger partial charge in [-0.3, -0.25) is 9.63 Å². The molecule has 0 aromatic heterocycles. The number of hydrogen-bond donors (Lipinski definition) is 1. The highest BCUT2D eigenvalue weighted by Gasteiger charge is 2.53. The van der Waals surface area contributed by atoms with Crippen molar-refractivity contribution in [2.75, 3.05) is 25.7 Å². The molecule has 0 saturated carbocycles. The Labute approximate surface area is 166 Å². The molecule has 1 amide bonds. The lowest BCUT2D eigenvalue weighted by molar-refractivity contribution is -0.156. The van der Waals surface area contributed by atoms with Crippen LogP contribution in [0.2, 0.25) is 0 Å². The van der Waals surface area contributed by atoms with E-state index in [9.17, 15) is 18.0 Å². The number of benzene rings is 2. The second-order valence-electron chi connectivity index (χ2n) is 7.18. The number of carbonyl (C=O) groups excluding carboxylic acids is 1. The number of hydrazine groups is 1. The van der Waals surface area contributed by atoms with Gasteiger partial charge in [-0.05, 0) is 36.4 Å². The molecule has 6 nitrogen and oxygen atoms in total. The van der Waals surface area contributed by atoms with Crippen molar-refractivity contribution in [2.24, 2.45) is 0 Å². The Morgan fingerprint density at radius 2 is 1.86 bits per heavy atom. The maximum atomic E-state index is 13.8. The number of carbonyl (C=O) groups is 1. The lowest BCUT2D eigenvalue weighted by Crippen LogP contribution is -2.38. The van der Waals surface area contributed by atoms with Crippen molar-refractivity contribution in [3.05, 3.63) is 65.2 Å². The number of amides is 1. The van der Waals surface area contributed by atoms with Crippen LogP contribution in [0, 0.1) is 0 Å². The molecule has 9 heteroatoms. The quantitative estimate of drug-likeness (QED) is 0.791. The van der Waals surface area contributed by atoms with Crippen LogP contribution in [0.15, 0.2) is 48.5 Å². The molecule has 4 rings (SSSR count). The molecule has 1 N–H and O–H groups in total. The first-order chi connectivity index (χ1) is 13.8. The van der Waals surface area contributed by atoms with Gasteiger partial charge in [0.25, 0.3) is 5.91 Å². The molecule has 2 aromatic rings. The second-order valence-corrected chi connectivity index (χ2v) is 7.18. The molecule has 1 fully saturated rings. The van der Waals surface area contributed by atoms with Gasteiger partial charge in [0, 0.05) is 18.7 Å². The van der Waals surface area contributed by atoms with E-state index in [1.54, 1.807) is 60.5 Å². The van der Waals surface area contributed by atoms with Crippen LogP contribution in [0.4, 0.5) is 18.9 Å². The van der Waals surface area contributed by atoms with Crippen molar-refractivity contribution in [3.63, 3.8) is 0 Å². The summed E-state index contributed by atoms with van der Waals surface area (Å²) in [4.78, 5) is 19.4. The zero-order valence-electron chi connectivity index (χ0n) is 16.0. The Kier molecular flexibility index (Phi) is 4.97. The molecule has 2 aromatic carbocycles. The number of anilines is 1. The second kappa shape index (κ2) is 7.33. The van der Waals surface area contributed by atoms with Crippen molar-refractivity contribution in [1.29, 1.82) is 0 Å². The zero-order chi connectivity index (χ0) is 20.8. The summed E-state index contributed by atoms with van der Waals surface area (Å²) >= 11 is 0. The molecule has 29 heavy (non-hydrogen) atoms. The van der Waals surface area contributed by atoms with Gasteiger partial charge >= 0.3 is 6.18 Å². The Bertz CT molecular complexity index is 906. The van der Waals surface area contributed by atoms with E-state index >= 15 is 0 Å². The Hall–Kier alpha value is -2.62.